The van der Waals surface area contributed by atoms with Crippen LogP contribution in [-0.2, 0) is 77.8 Å². The first kappa shape index (κ1) is 122. The van der Waals surface area contributed by atoms with Gasteiger partial charge in [-0.05, 0) is 227 Å². The Bertz CT molecular complexity index is 5050. The lowest BCUT2D eigenvalue weighted by atomic mass is 9.86. The number of ether oxygens (including phenoxy) is 1. The molecule has 1 atom stereocenters. The monoisotopic (exact) mass is 1860 g/mol. The maximum atomic E-state index is 13.0. The van der Waals surface area contributed by atoms with Crippen molar-refractivity contribution in [2.24, 2.45) is 0 Å². The third-order valence-electron chi connectivity index (χ3n) is 22.9. The summed E-state index contributed by atoms with van der Waals surface area (Å²) in [5.41, 5.74) is 24.8. The smallest absolute Gasteiger partial charge is 0.270 e. The first-order valence-electron chi connectivity index (χ1n) is 48.6. The van der Waals surface area contributed by atoms with Crippen LogP contribution in [0.5, 0.6) is 5.75 Å². The maximum Gasteiger partial charge on any atom is 0.270 e. The van der Waals surface area contributed by atoms with Crippen molar-refractivity contribution in [3.05, 3.63) is 384 Å². The second-order valence-electron chi connectivity index (χ2n) is 47.9. The van der Waals surface area contributed by atoms with Crippen LogP contribution in [0.3, 0.4) is 0 Å². The third-order valence-corrected chi connectivity index (χ3v) is 22.9. The van der Waals surface area contributed by atoms with E-state index < -0.39 is 24.6 Å². The summed E-state index contributed by atoms with van der Waals surface area (Å²) in [6.07, 6.45) is 0.290. The van der Waals surface area contributed by atoms with Crippen molar-refractivity contribution in [3.63, 3.8) is 0 Å². The normalized spacial score (nSPS) is 12.7. The molecule has 9 heteroatoms. The van der Waals surface area contributed by atoms with Gasteiger partial charge in [0.1, 0.15) is 5.75 Å². The number of halogens is 7. The lowest BCUT2D eigenvalue weighted by Crippen LogP contribution is -2.14. The Hall–Kier alpha value is -9.78. The molecule has 0 heterocycles. The lowest BCUT2D eigenvalue weighted by molar-refractivity contribution is 0.0166. The van der Waals surface area contributed by atoms with Gasteiger partial charge in [0.2, 0.25) is 6.36 Å². The molecule has 0 aliphatic heterocycles. The van der Waals surface area contributed by atoms with Gasteiger partial charge in [-0.3, -0.25) is 0 Å². The molecule has 1 aliphatic carbocycles. The molecule has 0 saturated heterocycles. The van der Waals surface area contributed by atoms with Crippen LogP contribution >= 0.6 is 0 Å². The molecule has 11 aromatic carbocycles. The predicted octanol–water partition coefficient (Wildman–Crippen LogP) is 39.2. The van der Waals surface area contributed by atoms with Crippen molar-refractivity contribution in [3.8, 4) is 11.8 Å². The molecule has 0 bridgehead atoms. The van der Waals surface area contributed by atoms with Gasteiger partial charge in [-0.25, -0.2) is 30.7 Å². The number of hydrogen-bond acceptors (Lipinski definition) is 2. The van der Waals surface area contributed by atoms with Crippen LogP contribution < -0.4 is 4.74 Å². The highest BCUT2D eigenvalue weighted by Crippen LogP contribution is 2.42. The minimum Gasteiger partial charge on any atom is -0.461 e. The molecule has 2 nitrogen and oxygen atoms in total. The molecular weight excluding hydrogens is 1690 g/mol. The van der Waals surface area contributed by atoms with Gasteiger partial charge in [0.15, 0.2) is 0 Å². The summed E-state index contributed by atoms with van der Waals surface area (Å²) in [5, 5.41) is 8.68. The lowest BCUT2D eigenvalue weighted by Gasteiger charge is -2.21. The summed E-state index contributed by atoms with van der Waals surface area (Å²) < 4.78 is 94.3. The molecule has 1 aliphatic rings. The minimum absolute atomic E-state index is 0.0646. The van der Waals surface area contributed by atoms with Crippen LogP contribution in [0.25, 0.3) is 0 Å². The molecule has 1 fully saturated rings. The highest BCUT2D eigenvalue weighted by Gasteiger charge is 2.29. The van der Waals surface area contributed by atoms with Gasteiger partial charge in [-0.1, -0.05) is 482 Å². The van der Waals surface area contributed by atoms with Gasteiger partial charge < -0.3 is 4.74 Å². The SMILES string of the molecule is CC(C)(C)c1cccc(C#N)c1.CC(C)(C)c1cccc(C(C)(F)F)c1.CC(C)(C)c1cccc(C(C)(F)F)c1.CC(C)(C)c1cccc(C(F)F)c1.CC(C)(C)c1cccc(C2CC2)c1.CC(F)Oc1cccc(C(C)(C)C)c1.CCc1cccc(C(C)(C)C)c1.Cc1ccc(C(C)(C)C)cc1.Cc1cccc(C(C)(C)C)c1.Cc1cccc(C(C)(C)C)c1.Cc1cccc(C(C)(C)C)c1. The Labute approximate surface area is 824 Å². The van der Waals surface area contributed by atoms with Crippen molar-refractivity contribution >= 4 is 0 Å². The first-order chi connectivity index (χ1) is 61.9. The Morgan fingerprint density at radius 3 is 0.838 bits per heavy atom. The molecule has 1 saturated carbocycles. The van der Waals surface area contributed by atoms with Crippen molar-refractivity contribution in [2.75, 3.05) is 0 Å². The summed E-state index contributed by atoms with van der Waals surface area (Å²) in [6, 6.07) is 90.1. The predicted molar refractivity (Wildman–Crippen MR) is 577 cm³/mol. The Kier molecular flexibility index (Phi) is 47.0. The van der Waals surface area contributed by atoms with E-state index in [0.717, 1.165) is 54.0 Å². The fourth-order valence-corrected chi connectivity index (χ4v) is 13.3. The van der Waals surface area contributed by atoms with E-state index in [1.165, 1.54) is 105 Å². The van der Waals surface area contributed by atoms with E-state index in [2.05, 4.69) is 359 Å². The van der Waals surface area contributed by atoms with Crippen LogP contribution in [0.1, 0.15) is 398 Å². The largest absolute Gasteiger partial charge is 0.461 e. The zero-order valence-corrected chi connectivity index (χ0v) is 91.8. The fraction of sp³-hybridized carbons (Fsp3) is 0.472. The Morgan fingerprint density at radius 1 is 0.279 bits per heavy atom. The van der Waals surface area contributed by atoms with Gasteiger partial charge in [0.25, 0.3) is 18.3 Å². The molecular formula is C127H176F7NO. The van der Waals surface area contributed by atoms with Gasteiger partial charge in [-0.2, -0.15) is 5.26 Å². The number of nitrogens with zero attached hydrogens (tertiary/aromatic N) is 1. The number of aryl methyl sites for hydroxylation is 5. The number of nitriles is 1. The molecule has 136 heavy (non-hydrogen) atoms. The molecule has 12 rings (SSSR count). The molecule has 0 aromatic heterocycles. The van der Waals surface area contributed by atoms with Crippen molar-refractivity contribution in [1.29, 1.82) is 5.26 Å². The van der Waals surface area contributed by atoms with Gasteiger partial charge in [-0.15, -0.1) is 0 Å². The number of rotatable bonds is 7. The van der Waals surface area contributed by atoms with Crippen LogP contribution in [0.15, 0.2) is 267 Å². The van der Waals surface area contributed by atoms with E-state index in [4.69, 9.17) is 10.00 Å². The summed E-state index contributed by atoms with van der Waals surface area (Å²) in [6.45, 7) is 85.3. The van der Waals surface area contributed by atoms with E-state index in [1.807, 2.05) is 117 Å². The van der Waals surface area contributed by atoms with Gasteiger partial charge in [0.05, 0.1) is 11.6 Å². The maximum absolute atomic E-state index is 13.0. The second-order valence-corrected chi connectivity index (χ2v) is 47.9. The van der Waals surface area contributed by atoms with Crippen LogP contribution in [0.2, 0.25) is 0 Å². The molecule has 0 radical (unpaired) electrons. The second kappa shape index (κ2) is 52.3. The summed E-state index contributed by atoms with van der Waals surface area (Å²) >= 11 is 0. The van der Waals surface area contributed by atoms with Crippen molar-refractivity contribution in [1.82, 2.24) is 0 Å². The van der Waals surface area contributed by atoms with Gasteiger partial charge in [0, 0.05) is 37.5 Å². The number of benzene rings is 11. The van der Waals surface area contributed by atoms with Crippen LogP contribution in [0, 0.1) is 39.0 Å². The number of hydrogen-bond donors (Lipinski definition) is 0. The standard InChI is InChI=1S/C13H18.2C12H16F2.C12H17FO.C12H18.C11H14F2.C11H13N.4C11H16/c1-13(2,3)12-6-4-5-11(9-12)10-7-8-10;2*1-11(2,3)9-6-5-7-10(8-9)12(4,13)14;1-9(13)14-11-7-5-6-10(8-11)12(2,3)4;1-5-10-7-6-8-11(9-10)12(2,3)4;1-11(2,3)9-6-4-5-8(7-9)10(12)13;1-11(2,3)10-6-4-5-9(7-10)8-12;1-9-5-7-10(8-6-9)11(2,3)4;3*1-9-6-5-7-10(8-9)11(2,3)4/h4-6,9-10H,7-8H2,1-3H3;2*5-8H,1-4H3;5-9H,1-4H3;6-9H,5H2,1-4H3;4-7,10H,1-3H3;4-7H,1-3H3;4*5-8H,1-4H3. The highest BCUT2D eigenvalue weighted by molar-refractivity contribution is 5.40. The highest BCUT2D eigenvalue weighted by atomic mass is 19.3. The zero-order chi connectivity index (χ0) is 105. The minimum atomic E-state index is -2.75. The van der Waals surface area contributed by atoms with E-state index in [9.17, 15) is 30.7 Å². The van der Waals surface area contributed by atoms with E-state index >= 15 is 0 Å². The Morgan fingerprint density at radius 2 is 0.544 bits per heavy atom. The first-order valence-corrected chi connectivity index (χ1v) is 48.6. The fourth-order valence-electron chi connectivity index (χ4n) is 13.3. The molecule has 0 amide bonds. The number of alkyl halides is 7. The Balaban J connectivity index is 0.000000507. The zero-order valence-electron chi connectivity index (χ0n) is 91.8. The topological polar surface area (TPSA) is 33.0 Å². The van der Waals surface area contributed by atoms with Crippen LogP contribution in [-0.4, -0.2) is 6.36 Å². The van der Waals surface area contributed by atoms with E-state index in [1.54, 1.807) is 48.0 Å². The third kappa shape index (κ3) is 48.5. The van der Waals surface area contributed by atoms with Crippen LogP contribution in [0.4, 0.5) is 30.7 Å². The molecule has 1 unspecified atom stereocenters. The molecule has 0 N–H and O–H groups in total. The van der Waals surface area contributed by atoms with E-state index in [-0.39, 0.29) is 70.8 Å². The van der Waals surface area contributed by atoms with Crippen molar-refractivity contribution < 1.29 is 35.5 Å². The summed E-state index contributed by atoms with van der Waals surface area (Å²) in [5.74, 6) is -4.03. The molecule has 744 valence electrons. The quantitative estimate of drug-likeness (QED) is 0.149. The molecule has 11 aromatic rings. The molecule has 0 spiro atoms. The summed E-state index contributed by atoms with van der Waals surface area (Å²) in [4.78, 5) is 0. The van der Waals surface area contributed by atoms with Gasteiger partial charge >= 0.3 is 0 Å². The average Bonchev–Trinajstić information content (AvgIpc) is 1.23. The summed E-state index contributed by atoms with van der Waals surface area (Å²) in [7, 11) is 0. The van der Waals surface area contributed by atoms with E-state index in [0.29, 0.717) is 11.2 Å². The average molecular weight is 1870 g/mol. The van der Waals surface area contributed by atoms with Crippen molar-refractivity contribution in [2.45, 2.75) is 393 Å².